The van der Waals surface area contributed by atoms with E-state index in [1.807, 2.05) is 0 Å². The molecular weight excluding hydrogens is 166 g/mol. The molecule has 1 rings (SSSR count). The molecule has 1 aliphatic heterocycles. The van der Waals surface area contributed by atoms with Crippen molar-refractivity contribution in [2.45, 2.75) is 32.6 Å². The Kier molecular flexibility index (Phi) is 4.22. The minimum Gasteiger partial charge on any atom is -0.481 e. The highest BCUT2D eigenvalue weighted by atomic mass is 16.4. The summed E-state index contributed by atoms with van der Waals surface area (Å²) >= 11 is 0. The number of piperidine rings is 1. The second-order valence-corrected chi connectivity index (χ2v) is 3.85. The maximum absolute atomic E-state index is 10.6. The summed E-state index contributed by atoms with van der Waals surface area (Å²) in [5.74, 6) is 0.368. The van der Waals surface area contributed by atoms with Crippen LogP contribution in [0.3, 0.4) is 0 Å². The number of carboxylic acid groups (broad SMARTS) is 1. The molecule has 0 aromatic carbocycles. The molecule has 3 heteroatoms. The lowest BCUT2D eigenvalue weighted by molar-refractivity contribution is -0.138. The molecule has 1 aliphatic rings. The fourth-order valence-corrected chi connectivity index (χ4v) is 2.18. The average Bonchev–Trinajstić information content (AvgIpc) is 2.15. The molecule has 1 saturated heterocycles. The lowest BCUT2D eigenvalue weighted by Crippen LogP contribution is -2.32. The monoisotopic (exact) mass is 185 g/mol. The van der Waals surface area contributed by atoms with Crippen LogP contribution in [0.2, 0.25) is 0 Å². The number of hydrogen-bond donors (Lipinski definition) is 2. The minimum atomic E-state index is -0.648. The van der Waals surface area contributed by atoms with E-state index in [2.05, 4.69) is 12.2 Å². The first-order valence-corrected chi connectivity index (χ1v) is 5.16. The van der Waals surface area contributed by atoms with Gasteiger partial charge in [-0.1, -0.05) is 13.3 Å². The Morgan fingerprint density at radius 3 is 2.62 bits per heavy atom. The van der Waals surface area contributed by atoms with Gasteiger partial charge in [-0.05, 0) is 37.8 Å². The van der Waals surface area contributed by atoms with Crippen LogP contribution in [0.15, 0.2) is 0 Å². The van der Waals surface area contributed by atoms with Crippen LogP contribution < -0.4 is 5.32 Å². The molecule has 1 unspecified atom stereocenters. The van der Waals surface area contributed by atoms with Crippen molar-refractivity contribution in [3.8, 4) is 0 Å². The summed E-state index contributed by atoms with van der Waals surface area (Å²) in [6, 6.07) is 0. The van der Waals surface area contributed by atoms with Gasteiger partial charge in [0, 0.05) is 6.42 Å². The van der Waals surface area contributed by atoms with E-state index in [1.165, 1.54) is 0 Å². The Morgan fingerprint density at radius 1 is 1.54 bits per heavy atom. The third-order valence-electron chi connectivity index (χ3n) is 3.01. The van der Waals surface area contributed by atoms with E-state index in [4.69, 9.17) is 5.11 Å². The number of aliphatic carboxylic acids is 1. The molecule has 1 heterocycles. The van der Waals surface area contributed by atoms with E-state index >= 15 is 0 Å². The summed E-state index contributed by atoms with van der Waals surface area (Å²) < 4.78 is 0. The summed E-state index contributed by atoms with van der Waals surface area (Å²) in [7, 11) is 0. The largest absolute Gasteiger partial charge is 0.481 e. The molecule has 13 heavy (non-hydrogen) atoms. The van der Waals surface area contributed by atoms with Gasteiger partial charge in [-0.15, -0.1) is 0 Å². The van der Waals surface area contributed by atoms with Gasteiger partial charge in [-0.3, -0.25) is 4.79 Å². The van der Waals surface area contributed by atoms with Crippen LogP contribution in [0, 0.1) is 11.8 Å². The fraction of sp³-hybridized carbons (Fsp3) is 0.900. The Bertz CT molecular complexity index is 164. The van der Waals surface area contributed by atoms with Crippen molar-refractivity contribution in [2.75, 3.05) is 13.1 Å². The van der Waals surface area contributed by atoms with E-state index in [0.717, 1.165) is 32.4 Å². The Labute approximate surface area is 79.5 Å². The first kappa shape index (κ1) is 10.5. The Balaban J connectivity index is 2.39. The average molecular weight is 185 g/mol. The minimum absolute atomic E-state index is 0.348. The highest BCUT2D eigenvalue weighted by Crippen LogP contribution is 2.27. The topological polar surface area (TPSA) is 49.3 Å². The maximum atomic E-state index is 10.6. The van der Waals surface area contributed by atoms with Crippen LogP contribution >= 0.6 is 0 Å². The van der Waals surface area contributed by atoms with Crippen LogP contribution in [0.1, 0.15) is 32.6 Å². The van der Waals surface area contributed by atoms with Crippen LogP contribution in [0.4, 0.5) is 0 Å². The molecule has 0 aromatic rings. The third-order valence-corrected chi connectivity index (χ3v) is 3.01. The third kappa shape index (κ3) is 3.35. The second kappa shape index (κ2) is 5.22. The number of rotatable bonds is 4. The molecule has 0 aliphatic carbocycles. The second-order valence-electron chi connectivity index (χ2n) is 3.85. The SMILES string of the molecule is CCC(CC(=O)O)C1CCNCC1. The van der Waals surface area contributed by atoms with Gasteiger partial charge in [-0.25, -0.2) is 0 Å². The molecule has 1 fully saturated rings. The summed E-state index contributed by atoms with van der Waals surface area (Å²) in [6.07, 6.45) is 3.63. The van der Waals surface area contributed by atoms with E-state index < -0.39 is 5.97 Å². The van der Waals surface area contributed by atoms with Crippen LogP contribution in [-0.4, -0.2) is 24.2 Å². The van der Waals surface area contributed by atoms with E-state index in [9.17, 15) is 4.79 Å². The molecule has 76 valence electrons. The van der Waals surface area contributed by atoms with Gasteiger partial charge in [0.1, 0.15) is 0 Å². The molecule has 1 atom stereocenters. The lowest BCUT2D eigenvalue weighted by atomic mass is 9.81. The highest BCUT2D eigenvalue weighted by molar-refractivity contribution is 5.67. The van der Waals surface area contributed by atoms with Gasteiger partial charge in [-0.2, -0.15) is 0 Å². The summed E-state index contributed by atoms with van der Waals surface area (Å²) in [5.41, 5.74) is 0. The van der Waals surface area contributed by atoms with Crippen molar-refractivity contribution in [2.24, 2.45) is 11.8 Å². The van der Waals surface area contributed by atoms with Crippen molar-refractivity contribution in [1.82, 2.24) is 5.32 Å². The van der Waals surface area contributed by atoms with Crippen LogP contribution in [0.5, 0.6) is 0 Å². The Hall–Kier alpha value is -0.570. The fourth-order valence-electron chi connectivity index (χ4n) is 2.18. The summed E-state index contributed by atoms with van der Waals surface area (Å²) in [6.45, 7) is 4.21. The summed E-state index contributed by atoms with van der Waals surface area (Å²) in [5, 5.41) is 12.0. The van der Waals surface area contributed by atoms with Crippen LogP contribution in [-0.2, 0) is 4.79 Å². The molecule has 0 amide bonds. The molecule has 0 saturated carbocycles. The number of nitrogens with one attached hydrogen (secondary N) is 1. The van der Waals surface area contributed by atoms with E-state index in [0.29, 0.717) is 18.3 Å². The quantitative estimate of drug-likeness (QED) is 0.697. The maximum Gasteiger partial charge on any atom is 0.303 e. The molecular formula is C10H19NO2. The molecule has 0 bridgehead atoms. The van der Waals surface area contributed by atoms with Crippen molar-refractivity contribution in [1.29, 1.82) is 0 Å². The normalized spacial score (nSPS) is 21.3. The van der Waals surface area contributed by atoms with Gasteiger partial charge in [0.2, 0.25) is 0 Å². The molecule has 3 nitrogen and oxygen atoms in total. The Morgan fingerprint density at radius 2 is 2.15 bits per heavy atom. The van der Waals surface area contributed by atoms with Gasteiger partial charge >= 0.3 is 5.97 Å². The van der Waals surface area contributed by atoms with Crippen molar-refractivity contribution in [3.63, 3.8) is 0 Å². The predicted octanol–water partition coefficient (Wildman–Crippen LogP) is 1.49. The van der Waals surface area contributed by atoms with Crippen molar-refractivity contribution >= 4 is 5.97 Å². The summed E-state index contributed by atoms with van der Waals surface area (Å²) in [4.78, 5) is 10.6. The highest BCUT2D eigenvalue weighted by Gasteiger charge is 2.23. The van der Waals surface area contributed by atoms with Crippen LogP contribution in [0.25, 0.3) is 0 Å². The van der Waals surface area contributed by atoms with Gasteiger partial charge in [0.25, 0.3) is 0 Å². The van der Waals surface area contributed by atoms with Gasteiger partial charge < -0.3 is 10.4 Å². The zero-order chi connectivity index (χ0) is 9.68. The van der Waals surface area contributed by atoms with Crippen molar-refractivity contribution in [3.05, 3.63) is 0 Å². The number of hydrogen-bond acceptors (Lipinski definition) is 2. The lowest BCUT2D eigenvalue weighted by Gasteiger charge is -2.29. The zero-order valence-electron chi connectivity index (χ0n) is 8.25. The smallest absolute Gasteiger partial charge is 0.303 e. The van der Waals surface area contributed by atoms with Crippen molar-refractivity contribution < 1.29 is 9.90 Å². The van der Waals surface area contributed by atoms with Gasteiger partial charge in [0.15, 0.2) is 0 Å². The van der Waals surface area contributed by atoms with E-state index in [1.54, 1.807) is 0 Å². The number of carboxylic acids is 1. The standard InChI is InChI=1S/C10H19NO2/c1-2-8(7-10(12)13)9-3-5-11-6-4-9/h8-9,11H,2-7H2,1H3,(H,12,13). The molecule has 2 N–H and O–H groups in total. The molecule has 0 spiro atoms. The predicted molar refractivity (Wildman–Crippen MR) is 51.6 cm³/mol. The number of carbonyl (C=O) groups is 1. The molecule has 0 radical (unpaired) electrons. The first-order chi connectivity index (χ1) is 6.24. The zero-order valence-corrected chi connectivity index (χ0v) is 8.25. The first-order valence-electron chi connectivity index (χ1n) is 5.16. The van der Waals surface area contributed by atoms with Gasteiger partial charge in [0.05, 0.1) is 0 Å². The van der Waals surface area contributed by atoms with E-state index in [-0.39, 0.29) is 0 Å². The molecule has 0 aromatic heterocycles.